The summed E-state index contributed by atoms with van der Waals surface area (Å²) in [6, 6.07) is 7.38. The van der Waals surface area contributed by atoms with Crippen LogP contribution in [-0.2, 0) is 11.3 Å². The molecular formula is C13H15NO3S. The number of rotatable bonds is 6. The minimum Gasteiger partial charge on any atom is -0.459 e. The van der Waals surface area contributed by atoms with Crippen molar-refractivity contribution < 1.29 is 13.9 Å². The minimum atomic E-state index is -0.106. The summed E-state index contributed by atoms with van der Waals surface area (Å²) in [5.41, 5.74) is 0. The molecule has 2 aromatic heterocycles. The Kier molecular flexibility index (Phi) is 4.55. The second kappa shape index (κ2) is 6.37. The first-order chi connectivity index (χ1) is 8.81. The van der Waals surface area contributed by atoms with E-state index in [0.717, 1.165) is 4.88 Å². The van der Waals surface area contributed by atoms with E-state index in [1.165, 1.54) is 6.26 Å². The highest BCUT2D eigenvalue weighted by Gasteiger charge is 2.18. The topological polar surface area (TPSA) is 42.7 Å². The van der Waals surface area contributed by atoms with Crippen molar-refractivity contribution in [3.05, 3.63) is 46.5 Å². The second-order valence-corrected chi connectivity index (χ2v) is 4.81. The van der Waals surface area contributed by atoms with Crippen molar-refractivity contribution in [1.29, 1.82) is 0 Å². The number of carbonyl (C=O) groups is 1. The van der Waals surface area contributed by atoms with Gasteiger partial charge in [0.1, 0.15) is 0 Å². The molecule has 2 heterocycles. The van der Waals surface area contributed by atoms with Crippen molar-refractivity contribution in [3.8, 4) is 0 Å². The van der Waals surface area contributed by atoms with Crippen molar-refractivity contribution in [2.45, 2.75) is 6.54 Å². The molecule has 0 atom stereocenters. The van der Waals surface area contributed by atoms with Crippen molar-refractivity contribution >= 4 is 17.2 Å². The van der Waals surface area contributed by atoms with Crippen molar-refractivity contribution in [3.63, 3.8) is 0 Å². The first-order valence-electron chi connectivity index (χ1n) is 5.65. The molecule has 0 fully saturated rings. The summed E-state index contributed by atoms with van der Waals surface area (Å²) in [4.78, 5) is 15.1. The van der Waals surface area contributed by atoms with Gasteiger partial charge in [0, 0.05) is 18.5 Å². The minimum absolute atomic E-state index is 0.106. The highest BCUT2D eigenvalue weighted by molar-refractivity contribution is 7.09. The van der Waals surface area contributed by atoms with Gasteiger partial charge in [-0.1, -0.05) is 6.07 Å². The van der Waals surface area contributed by atoms with Gasteiger partial charge in [0.25, 0.3) is 5.91 Å². The first-order valence-corrected chi connectivity index (χ1v) is 6.53. The van der Waals surface area contributed by atoms with E-state index in [1.807, 2.05) is 17.5 Å². The number of hydrogen-bond acceptors (Lipinski definition) is 4. The molecule has 96 valence electrons. The summed E-state index contributed by atoms with van der Waals surface area (Å²) in [7, 11) is 1.63. The van der Waals surface area contributed by atoms with E-state index < -0.39 is 0 Å². The van der Waals surface area contributed by atoms with Crippen LogP contribution in [0.3, 0.4) is 0 Å². The van der Waals surface area contributed by atoms with Crippen LogP contribution in [0.5, 0.6) is 0 Å². The van der Waals surface area contributed by atoms with Crippen LogP contribution in [-0.4, -0.2) is 31.1 Å². The normalized spacial score (nSPS) is 10.5. The predicted octanol–water partition coefficient (Wildman–Crippen LogP) is 2.63. The molecular weight excluding hydrogens is 250 g/mol. The Hall–Kier alpha value is -1.59. The lowest BCUT2D eigenvalue weighted by Crippen LogP contribution is -2.32. The van der Waals surface area contributed by atoms with Crippen LogP contribution in [0.25, 0.3) is 0 Å². The molecule has 0 aromatic carbocycles. The quantitative estimate of drug-likeness (QED) is 0.806. The summed E-state index contributed by atoms with van der Waals surface area (Å²) in [5, 5.41) is 2.00. The molecule has 0 N–H and O–H groups in total. The molecule has 2 rings (SSSR count). The number of hydrogen-bond donors (Lipinski definition) is 0. The smallest absolute Gasteiger partial charge is 0.289 e. The fourth-order valence-electron chi connectivity index (χ4n) is 1.60. The lowest BCUT2D eigenvalue weighted by Gasteiger charge is -2.20. The lowest BCUT2D eigenvalue weighted by atomic mass is 10.3. The van der Waals surface area contributed by atoms with Gasteiger partial charge in [-0.15, -0.1) is 11.3 Å². The molecule has 2 aromatic rings. The SMILES string of the molecule is COCCN(Cc1cccs1)C(=O)c1ccco1. The molecule has 0 unspecified atom stereocenters. The molecule has 4 nitrogen and oxygen atoms in total. The Labute approximate surface area is 110 Å². The highest BCUT2D eigenvalue weighted by atomic mass is 32.1. The van der Waals surface area contributed by atoms with E-state index in [1.54, 1.807) is 35.5 Å². The molecule has 0 saturated heterocycles. The number of furan rings is 1. The fourth-order valence-corrected chi connectivity index (χ4v) is 2.32. The van der Waals surface area contributed by atoms with Crippen molar-refractivity contribution in [2.75, 3.05) is 20.3 Å². The molecule has 1 amide bonds. The van der Waals surface area contributed by atoms with Gasteiger partial charge in [0.05, 0.1) is 19.4 Å². The third-order valence-corrected chi connectivity index (χ3v) is 3.37. The van der Waals surface area contributed by atoms with Crippen molar-refractivity contribution in [1.82, 2.24) is 4.90 Å². The zero-order chi connectivity index (χ0) is 12.8. The van der Waals surface area contributed by atoms with E-state index in [-0.39, 0.29) is 5.91 Å². The van der Waals surface area contributed by atoms with Crippen LogP contribution in [0.15, 0.2) is 40.3 Å². The number of amides is 1. The van der Waals surface area contributed by atoms with Gasteiger partial charge >= 0.3 is 0 Å². The third kappa shape index (κ3) is 3.21. The van der Waals surface area contributed by atoms with Crippen LogP contribution in [0.1, 0.15) is 15.4 Å². The lowest BCUT2D eigenvalue weighted by molar-refractivity contribution is 0.0651. The summed E-state index contributed by atoms with van der Waals surface area (Å²) in [6.45, 7) is 1.65. The Morgan fingerprint density at radius 1 is 1.44 bits per heavy atom. The maximum Gasteiger partial charge on any atom is 0.289 e. The number of carbonyl (C=O) groups excluding carboxylic acids is 1. The standard InChI is InChI=1S/C13H15NO3S/c1-16-8-6-14(10-11-4-3-9-18-11)13(15)12-5-2-7-17-12/h2-5,7,9H,6,8,10H2,1H3. The van der Waals surface area contributed by atoms with Crippen molar-refractivity contribution in [2.24, 2.45) is 0 Å². The molecule has 0 spiro atoms. The summed E-state index contributed by atoms with van der Waals surface area (Å²) in [5.74, 6) is 0.258. The average Bonchev–Trinajstić information content (AvgIpc) is 3.06. The fraction of sp³-hybridized carbons (Fsp3) is 0.308. The first kappa shape index (κ1) is 12.9. The Morgan fingerprint density at radius 3 is 2.94 bits per heavy atom. The summed E-state index contributed by atoms with van der Waals surface area (Å²) in [6.07, 6.45) is 1.51. The number of methoxy groups -OCH3 is 1. The summed E-state index contributed by atoms with van der Waals surface area (Å²) < 4.78 is 10.2. The molecule has 0 saturated carbocycles. The van der Waals surface area contributed by atoms with Gasteiger partial charge in [-0.05, 0) is 23.6 Å². The number of thiophene rings is 1. The molecule has 0 bridgehead atoms. The zero-order valence-corrected chi connectivity index (χ0v) is 11.0. The average molecular weight is 265 g/mol. The van der Waals surface area contributed by atoms with Gasteiger partial charge in [0.15, 0.2) is 5.76 Å². The van der Waals surface area contributed by atoms with Crippen LogP contribution in [0, 0.1) is 0 Å². The molecule has 0 aliphatic heterocycles. The van der Waals surface area contributed by atoms with Crippen LogP contribution >= 0.6 is 11.3 Å². The van der Waals surface area contributed by atoms with Gasteiger partial charge in [-0.2, -0.15) is 0 Å². The van der Waals surface area contributed by atoms with E-state index in [4.69, 9.17) is 9.15 Å². The van der Waals surface area contributed by atoms with Crippen LogP contribution in [0.2, 0.25) is 0 Å². The maximum atomic E-state index is 12.2. The Bertz CT molecular complexity index is 464. The van der Waals surface area contributed by atoms with E-state index >= 15 is 0 Å². The second-order valence-electron chi connectivity index (χ2n) is 3.78. The van der Waals surface area contributed by atoms with Crippen LogP contribution < -0.4 is 0 Å². The van der Waals surface area contributed by atoms with Gasteiger partial charge in [0.2, 0.25) is 0 Å². The third-order valence-electron chi connectivity index (χ3n) is 2.51. The van der Waals surface area contributed by atoms with Gasteiger partial charge in [-0.25, -0.2) is 0 Å². The van der Waals surface area contributed by atoms with E-state index in [0.29, 0.717) is 25.5 Å². The van der Waals surface area contributed by atoms with Gasteiger partial charge < -0.3 is 14.1 Å². The largest absolute Gasteiger partial charge is 0.459 e. The maximum absolute atomic E-state index is 12.2. The highest BCUT2D eigenvalue weighted by Crippen LogP contribution is 2.14. The predicted molar refractivity (Wildman–Crippen MR) is 69.6 cm³/mol. The van der Waals surface area contributed by atoms with E-state index in [2.05, 4.69) is 0 Å². The molecule has 18 heavy (non-hydrogen) atoms. The molecule has 0 aliphatic rings. The number of nitrogens with zero attached hydrogens (tertiary/aromatic N) is 1. The Morgan fingerprint density at radius 2 is 2.33 bits per heavy atom. The monoisotopic (exact) mass is 265 g/mol. The van der Waals surface area contributed by atoms with E-state index in [9.17, 15) is 4.79 Å². The number of ether oxygens (including phenoxy) is 1. The zero-order valence-electron chi connectivity index (χ0n) is 10.2. The molecule has 0 radical (unpaired) electrons. The molecule has 5 heteroatoms. The summed E-state index contributed by atoms with van der Waals surface area (Å²) >= 11 is 1.63. The van der Waals surface area contributed by atoms with Gasteiger partial charge in [-0.3, -0.25) is 4.79 Å². The molecule has 0 aliphatic carbocycles. The van der Waals surface area contributed by atoms with Crippen LogP contribution in [0.4, 0.5) is 0 Å². The Balaban J connectivity index is 2.07.